The van der Waals surface area contributed by atoms with Crippen LogP contribution in [0.3, 0.4) is 0 Å². The van der Waals surface area contributed by atoms with Crippen molar-refractivity contribution in [3.05, 3.63) is 34.9 Å². The highest BCUT2D eigenvalue weighted by Crippen LogP contribution is 2.20. The molecule has 1 rings (SSSR count). The summed E-state index contributed by atoms with van der Waals surface area (Å²) in [4.78, 5) is 21.3. The summed E-state index contributed by atoms with van der Waals surface area (Å²) in [6.07, 6.45) is 2.89. The molecule has 96 valence electrons. The van der Waals surface area contributed by atoms with E-state index < -0.39 is 17.9 Å². The van der Waals surface area contributed by atoms with Gasteiger partial charge in [0.05, 0.1) is 0 Å². The van der Waals surface area contributed by atoms with Gasteiger partial charge in [-0.25, -0.2) is 0 Å². The van der Waals surface area contributed by atoms with Crippen LogP contribution in [0.25, 0.3) is 6.08 Å². The molecule has 0 fully saturated rings. The molecule has 0 spiro atoms. The quantitative estimate of drug-likeness (QED) is 0.561. The van der Waals surface area contributed by atoms with Gasteiger partial charge in [-0.1, -0.05) is 23.8 Å². The van der Waals surface area contributed by atoms with Crippen LogP contribution in [0.5, 0.6) is 0 Å². The first-order valence-corrected chi connectivity index (χ1v) is 5.46. The van der Waals surface area contributed by atoms with E-state index in [0.717, 1.165) is 0 Å². The minimum Gasteiger partial charge on any atom is -0.481 e. The maximum atomic E-state index is 10.6. The van der Waals surface area contributed by atoms with Crippen molar-refractivity contribution in [3.8, 4) is 0 Å². The van der Waals surface area contributed by atoms with Gasteiger partial charge in [0, 0.05) is 10.7 Å². The fourth-order valence-electron chi connectivity index (χ4n) is 1.33. The lowest BCUT2D eigenvalue weighted by Gasteiger charge is -2.03. The van der Waals surface area contributed by atoms with Gasteiger partial charge >= 0.3 is 11.9 Å². The first-order chi connectivity index (χ1) is 8.41. The van der Waals surface area contributed by atoms with Crippen LogP contribution in [0.2, 0.25) is 5.02 Å². The fraction of sp³-hybridized carbons (Fsp3) is 0.167. The Kier molecular flexibility index (Phi) is 4.74. The lowest BCUT2D eigenvalue weighted by molar-refractivity contribution is -0.154. The Bertz CT molecular complexity index is 485. The number of carbonyl (C=O) groups is 2. The number of benzene rings is 1. The second-order valence-electron chi connectivity index (χ2n) is 3.65. The summed E-state index contributed by atoms with van der Waals surface area (Å²) in [5.41, 5.74) is 6.71. The van der Waals surface area contributed by atoms with Crippen LogP contribution < -0.4 is 5.73 Å². The molecule has 0 unspecified atom stereocenters. The molecule has 0 amide bonds. The van der Waals surface area contributed by atoms with Gasteiger partial charge < -0.3 is 15.9 Å². The number of anilines is 1. The molecule has 18 heavy (non-hydrogen) atoms. The van der Waals surface area contributed by atoms with E-state index >= 15 is 0 Å². The zero-order chi connectivity index (χ0) is 13.7. The third-order valence-corrected chi connectivity index (χ3v) is 2.63. The summed E-state index contributed by atoms with van der Waals surface area (Å²) in [5, 5.41) is 17.8. The van der Waals surface area contributed by atoms with Crippen LogP contribution >= 0.6 is 11.6 Å². The van der Waals surface area contributed by atoms with E-state index in [0.29, 0.717) is 16.3 Å². The monoisotopic (exact) mass is 269 g/mol. The highest BCUT2D eigenvalue weighted by Gasteiger charge is 2.23. The number of rotatable bonds is 5. The van der Waals surface area contributed by atoms with Gasteiger partial charge in [0.25, 0.3) is 0 Å². The number of hydrogen-bond donors (Lipinski definition) is 3. The molecular formula is C12H12ClNO4. The number of carboxylic acids is 2. The van der Waals surface area contributed by atoms with Crippen LogP contribution in [0.15, 0.2) is 24.3 Å². The van der Waals surface area contributed by atoms with E-state index in [1.165, 1.54) is 6.08 Å². The maximum absolute atomic E-state index is 10.6. The number of aliphatic carboxylic acids is 2. The summed E-state index contributed by atoms with van der Waals surface area (Å²) in [6, 6.07) is 4.87. The fourth-order valence-corrected chi connectivity index (χ4v) is 1.51. The third kappa shape index (κ3) is 3.78. The standard InChI is InChI=1S/C12H12ClNO4/c13-10-5-4-8(14)6-7(10)2-1-3-9(11(15)16)12(17)18/h1-2,4-6,9H,3,14H2,(H,15,16)(H,17,18). The molecule has 0 aromatic heterocycles. The molecule has 4 N–H and O–H groups in total. The van der Waals surface area contributed by atoms with Crippen molar-refractivity contribution in [1.29, 1.82) is 0 Å². The Morgan fingerprint density at radius 2 is 1.94 bits per heavy atom. The smallest absolute Gasteiger partial charge is 0.318 e. The van der Waals surface area contributed by atoms with Crippen molar-refractivity contribution in [2.75, 3.05) is 5.73 Å². The van der Waals surface area contributed by atoms with E-state index in [1.54, 1.807) is 24.3 Å². The van der Waals surface area contributed by atoms with Gasteiger partial charge in [-0.3, -0.25) is 9.59 Å². The Hall–Kier alpha value is -2.01. The highest BCUT2D eigenvalue weighted by atomic mass is 35.5. The minimum absolute atomic E-state index is 0.115. The maximum Gasteiger partial charge on any atom is 0.318 e. The second-order valence-corrected chi connectivity index (χ2v) is 4.06. The van der Waals surface area contributed by atoms with Crippen LogP contribution in [0.4, 0.5) is 5.69 Å². The van der Waals surface area contributed by atoms with Gasteiger partial charge in [-0.15, -0.1) is 0 Å². The first kappa shape index (κ1) is 14.1. The van der Waals surface area contributed by atoms with E-state index in [9.17, 15) is 9.59 Å². The van der Waals surface area contributed by atoms with Crippen molar-refractivity contribution in [2.24, 2.45) is 5.92 Å². The number of nitrogen functional groups attached to an aromatic ring is 1. The Morgan fingerprint density at radius 3 is 2.50 bits per heavy atom. The molecule has 0 aliphatic heterocycles. The van der Waals surface area contributed by atoms with Gasteiger partial charge in [0.2, 0.25) is 0 Å². The molecular weight excluding hydrogens is 258 g/mol. The van der Waals surface area contributed by atoms with Crippen LogP contribution in [0, 0.1) is 5.92 Å². The SMILES string of the molecule is Nc1ccc(Cl)c(C=CCC(C(=O)O)C(=O)O)c1. The molecule has 5 nitrogen and oxygen atoms in total. The van der Waals surface area contributed by atoms with Crippen molar-refractivity contribution < 1.29 is 19.8 Å². The number of hydrogen-bond acceptors (Lipinski definition) is 3. The molecule has 1 aromatic carbocycles. The Balaban J connectivity index is 2.78. The van der Waals surface area contributed by atoms with E-state index in [2.05, 4.69) is 0 Å². The zero-order valence-electron chi connectivity index (χ0n) is 9.34. The number of halogens is 1. The van der Waals surface area contributed by atoms with Gasteiger partial charge in [-0.05, 0) is 30.2 Å². The van der Waals surface area contributed by atoms with E-state index in [4.69, 9.17) is 27.5 Å². The predicted octanol–water partition coefficient (Wildman–Crippen LogP) is 2.11. The molecule has 0 aliphatic rings. The Morgan fingerprint density at radius 1 is 1.33 bits per heavy atom. The van der Waals surface area contributed by atoms with Gasteiger partial charge in [0.1, 0.15) is 0 Å². The molecule has 0 bridgehead atoms. The zero-order valence-corrected chi connectivity index (χ0v) is 10.1. The average molecular weight is 270 g/mol. The van der Waals surface area contributed by atoms with Crippen LogP contribution in [-0.2, 0) is 9.59 Å². The van der Waals surface area contributed by atoms with Gasteiger partial charge in [-0.2, -0.15) is 0 Å². The van der Waals surface area contributed by atoms with E-state index in [1.807, 2.05) is 0 Å². The summed E-state index contributed by atoms with van der Waals surface area (Å²) in [6.45, 7) is 0. The Labute approximate surface area is 108 Å². The lowest BCUT2D eigenvalue weighted by atomic mass is 10.1. The second kappa shape index (κ2) is 6.07. The van der Waals surface area contributed by atoms with Crippen molar-refractivity contribution in [3.63, 3.8) is 0 Å². The number of carboxylic acid groups (broad SMARTS) is 2. The predicted molar refractivity (Wildman–Crippen MR) is 68.3 cm³/mol. The largest absolute Gasteiger partial charge is 0.481 e. The average Bonchev–Trinajstić information content (AvgIpc) is 2.27. The normalized spacial score (nSPS) is 11.0. The summed E-state index contributed by atoms with van der Waals surface area (Å²) < 4.78 is 0. The number of allylic oxidation sites excluding steroid dienone is 1. The summed E-state index contributed by atoms with van der Waals surface area (Å²) in [5.74, 6) is -4.20. The van der Waals surface area contributed by atoms with Gasteiger partial charge in [0.15, 0.2) is 5.92 Å². The van der Waals surface area contributed by atoms with Crippen LogP contribution in [0.1, 0.15) is 12.0 Å². The topological polar surface area (TPSA) is 101 Å². The van der Waals surface area contributed by atoms with Crippen molar-refractivity contribution in [2.45, 2.75) is 6.42 Å². The molecule has 0 aliphatic carbocycles. The molecule has 0 atom stereocenters. The number of nitrogens with two attached hydrogens (primary N) is 1. The minimum atomic E-state index is -1.46. The van der Waals surface area contributed by atoms with Crippen LogP contribution in [-0.4, -0.2) is 22.2 Å². The van der Waals surface area contributed by atoms with Crippen molar-refractivity contribution >= 4 is 35.3 Å². The summed E-state index contributed by atoms with van der Waals surface area (Å²) in [7, 11) is 0. The molecule has 0 radical (unpaired) electrons. The summed E-state index contributed by atoms with van der Waals surface area (Å²) >= 11 is 5.90. The highest BCUT2D eigenvalue weighted by molar-refractivity contribution is 6.32. The molecule has 1 aromatic rings. The molecule has 0 heterocycles. The molecule has 6 heteroatoms. The third-order valence-electron chi connectivity index (χ3n) is 2.29. The molecule has 0 saturated carbocycles. The van der Waals surface area contributed by atoms with E-state index in [-0.39, 0.29) is 6.42 Å². The first-order valence-electron chi connectivity index (χ1n) is 5.09. The lowest BCUT2D eigenvalue weighted by Crippen LogP contribution is -2.22. The van der Waals surface area contributed by atoms with Crippen molar-refractivity contribution in [1.82, 2.24) is 0 Å². The molecule has 0 saturated heterocycles.